The Morgan fingerprint density at radius 3 is 2.50 bits per heavy atom. The van der Waals surface area contributed by atoms with Crippen molar-refractivity contribution in [2.24, 2.45) is 5.92 Å². The molecule has 76 valence electrons. The molecule has 2 nitrogen and oxygen atoms in total. The van der Waals surface area contributed by atoms with Crippen molar-refractivity contribution in [2.75, 3.05) is 5.32 Å². The number of hydrogen-bond acceptors (Lipinski definition) is 1. The van der Waals surface area contributed by atoms with E-state index in [1.54, 1.807) is 26.8 Å². The summed E-state index contributed by atoms with van der Waals surface area (Å²) in [5.41, 5.74) is 1.31. The molecule has 0 bridgehead atoms. The van der Waals surface area contributed by atoms with E-state index < -0.39 is 0 Å². The van der Waals surface area contributed by atoms with E-state index in [2.05, 4.69) is 5.32 Å². The van der Waals surface area contributed by atoms with Crippen LogP contribution in [0.4, 0.5) is 10.1 Å². The quantitative estimate of drug-likeness (QED) is 0.772. The van der Waals surface area contributed by atoms with Gasteiger partial charge >= 0.3 is 0 Å². The molecule has 0 aliphatic carbocycles. The predicted molar refractivity (Wildman–Crippen MR) is 54.6 cm³/mol. The van der Waals surface area contributed by atoms with Crippen LogP contribution in [0.2, 0.25) is 0 Å². The largest absolute Gasteiger partial charge is 0.326 e. The minimum absolute atomic E-state index is 0.0985. The van der Waals surface area contributed by atoms with E-state index in [0.29, 0.717) is 5.69 Å². The molecule has 1 aromatic carbocycles. The summed E-state index contributed by atoms with van der Waals surface area (Å²) < 4.78 is 12.9. The summed E-state index contributed by atoms with van der Waals surface area (Å²) >= 11 is 0. The van der Waals surface area contributed by atoms with Crippen molar-refractivity contribution in [3.63, 3.8) is 0 Å². The van der Waals surface area contributed by atoms with Gasteiger partial charge in [-0.3, -0.25) is 4.79 Å². The maximum absolute atomic E-state index is 12.9. The average Bonchev–Trinajstić information content (AvgIpc) is 2.01. The van der Waals surface area contributed by atoms with Gasteiger partial charge in [0.05, 0.1) is 0 Å². The van der Waals surface area contributed by atoms with Crippen LogP contribution in [0.5, 0.6) is 0 Å². The zero-order valence-corrected chi connectivity index (χ0v) is 8.60. The molecule has 1 amide bonds. The highest BCUT2D eigenvalue weighted by atomic mass is 19.1. The van der Waals surface area contributed by atoms with Crippen molar-refractivity contribution in [1.29, 1.82) is 0 Å². The first kappa shape index (κ1) is 10.7. The average molecular weight is 195 g/mol. The molecule has 0 unspecified atom stereocenters. The maximum Gasteiger partial charge on any atom is 0.226 e. The molecule has 0 aromatic heterocycles. The van der Waals surface area contributed by atoms with Gasteiger partial charge in [-0.2, -0.15) is 0 Å². The molecule has 0 aliphatic rings. The highest BCUT2D eigenvalue weighted by Gasteiger charge is 2.07. The van der Waals surface area contributed by atoms with Gasteiger partial charge in [0.2, 0.25) is 5.91 Å². The molecule has 0 saturated heterocycles. The van der Waals surface area contributed by atoms with Gasteiger partial charge in [-0.05, 0) is 30.7 Å². The number of rotatable bonds is 2. The summed E-state index contributed by atoms with van der Waals surface area (Å²) in [5, 5.41) is 2.64. The Labute approximate surface area is 83.1 Å². The van der Waals surface area contributed by atoms with Crippen molar-refractivity contribution < 1.29 is 9.18 Å². The normalized spacial score (nSPS) is 10.4. The summed E-state index contributed by atoms with van der Waals surface area (Å²) in [4.78, 5) is 11.3. The van der Waals surface area contributed by atoms with Crippen molar-refractivity contribution in [2.45, 2.75) is 20.8 Å². The topological polar surface area (TPSA) is 29.1 Å². The molecule has 0 atom stereocenters. The van der Waals surface area contributed by atoms with Crippen LogP contribution in [0, 0.1) is 18.7 Å². The van der Waals surface area contributed by atoms with Crippen molar-refractivity contribution in [3.05, 3.63) is 29.6 Å². The Hall–Kier alpha value is -1.38. The van der Waals surface area contributed by atoms with Crippen LogP contribution in [0.3, 0.4) is 0 Å². The zero-order valence-electron chi connectivity index (χ0n) is 8.60. The molecule has 0 aliphatic heterocycles. The number of benzene rings is 1. The molecule has 14 heavy (non-hydrogen) atoms. The second-order valence-corrected chi connectivity index (χ2v) is 3.66. The van der Waals surface area contributed by atoms with Crippen LogP contribution in [-0.2, 0) is 4.79 Å². The summed E-state index contributed by atoms with van der Waals surface area (Å²) in [7, 11) is 0. The van der Waals surface area contributed by atoms with E-state index in [1.165, 1.54) is 12.1 Å². The highest BCUT2D eigenvalue weighted by molar-refractivity contribution is 5.92. The first-order valence-electron chi connectivity index (χ1n) is 4.57. The van der Waals surface area contributed by atoms with E-state index in [4.69, 9.17) is 0 Å². The van der Waals surface area contributed by atoms with E-state index in [1.807, 2.05) is 0 Å². The molecule has 0 heterocycles. The summed E-state index contributed by atoms with van der Waals surface area (Å²) in [5.74, 6) is -0.530. The summed E-state index contributed by atoms with van der Waals surface area (Å²) in [6.07, 6.45) is 0. The second kappa shape index (κ2) is 4.22. The number of anilines is 1. The fraction of sp³-hybridized carbons (Fsp3) is 0.364. The van der Waals surface area contributed by atoms with E-state index in [9.17, 15) is 9.18 Å². The third-order valence-corrected chi connectivity index (χ3v) is 1.83. The van der Waals surface area contributed by atoms with Gasteiger partial charge in [0.25, 0.3) is 0 Å². The fourth-order valence-corrected chi connectivity index (χ4v) is 1.10. The van der Waals surface area contributed by atoms with Gasteiger partial charge in [-0.15, -0.1) is 0 Å². The van der Waals surface area contributed by atoms with E-state index in [0.717, 1.165) is 5.56 Å². The number of carbonyl (C=O) groups excluding carboxylic acids is 1. The van der Waals surface area contributed by atoms with Crippen LogP contribution < -0.4 is 5.32 Å². The molecular formula is C11H14FNO. The number of nitrogens with one attached hydrogen (secondary N) is 1. The Kier molecular flexibility index (Phi) is 3.23. The fourth-order valence-electron chi connectivity index (χ4n) is 1.10. The van der Waals surface area contributed by atoms with Gasteiger partial charge in [-0.1, -0.05) is 13.8 Å². The monoisotopic (exact) mass is 195 g/mol. The van der Waals surface area contributed by atoms with Crippen LogP contribution in [0.1, 0.15) is 19.4 Å². The summed E-state index contributed by atoms with van der Waals surface area (Å²) in [6.45, 7) is 5.37. The number of carbonyl (C=O) groups is 1. The zero-order chi connectivity index (χ0) is 10.7. The highest BCUT2D eigenvalue weighted by Crippen LogP contribution is 2.14. The van der Waals surface area contributed by atoms with Crippen LogP contribution >= 0.6 is 0 Å². The lowest BCUT2D eigenvalue weighted by Crippen LogP contribution is -2.17. The first-order chi connectivity index (χ1) is 6.49. The van der Waals surface area contributed by atoms with Crippen molar-refractivity contribution in [1.82, 2.24) is 0 Å². The third kappa shape index (κ3) is 2.83. The lowest BCUT2D eigenvalue weighted by molar-refractivity contribution is -0.118. The lowest BCUT2D eigenvalue weighted by atomic mass is 10.2. The molecule has 0 saturated carbocycles. The minimum atomic E-state index is -0.330. The van der Waals surface area contributed by atoms with E-state index >= 15 is 0 Å². The Morgan fingerprint density at radius 1 is 1.36 bits per heavy atom. The minimum Gasteiger partial charge on any atom is -0.326 e. The van der Waals surface area contributed by atoms with Crippen LogP contribution in [-0.4, -0.2) is 5.91 Å². The molecule has 0 spiro atoms. The Balaban J connectivity index is 2.82. The Bertz CT molecular complexity index is 327. The molecule has 3 heteroatoms. The molecule has 1 aromatic rings. The first-order valence-corrected chi connectivity index (χ1v) is 4.57. The van der Waals surface area contributed by atoms with Gasteiger partial charge in [0, 0.05) is 11.6 Å². The van der Waals surface area contributed by atoms with Gasteiger partial charge in [0.15, 0.2) is 0 Å². The Morgan fingerprint density at radius 2 is 2.00 bits per heavy atom. The number of hydrogen-bond donors (Lipinski definition) is 1. The standard InChI is InChI=1S/C11H14FNO/c1-7(2)11(14)13-10-5-8(3)4-9(12)6-10/h4-7H,1-3H3,(H,13,14). The molecule has 0 fully saturated rings. The number of halogens is 1. The van der Waals surface area contributed by atoms with Crippen molar-refractivity contribution in [3.8, 4) is 0 Å². The molecular weight excluding hydrogens is 181 g/mol. The molecule has 1 N–H and O–H groups in total. The van der Waals surface area contributed by atoms with Gasteiger partial charge in [-0.25, -0.2) is 4.39 Å². The third-order valence-electron chi connectivity index (χ3n) is 1.83. The van der Waals surface area contributed by atoms with Crippen LogP contribution in [0.15, 0.2) is 18.2 Å². The van der Waals surface area contributed by atoms with E-state index in [-0.39, 0.29) is 17.6 Å². The smallest absolute Gasteiger partial charge is 0.226 e. The second-order valence-electron chi connectivity index (χ2n) is 3.66. The van der Waals surface area contributed by atoms with Gasteiger partial charge in [0.1, 0.15) is 5.82 Å². The lowest BCUT2D eigenvalue weighted by Gasteiger charge is -2.08. The van der Waals surface area contributed by atoms with Crippen LogP contribution in [0.25, 0.3) is 0 Å². The maximum atomic E-state index is 12.9. The SMILES string of the molecule is Cc1cc(F)cc(NC(=O)C(C)C)c1. The molecule has 0 radical (unpaired) electrons. The van der Waals surface area contributed by atoms with Crippen molar-refractivity contribution >= 4 is 11.6 Å². The van der Waals surface area contributed by atoms with Gasteiger partial charge < -0.3 is 5.32 Å². The number of amides is 1. The number of aryl methyl sites for hydroxylation is 1. The summed E-state index contributed by atoms with van der Waals surface area (Å²) in [6, 6.07) is 4.47. The molecule has 1 rings (SSSR count). The predicted octanol–water partition coefficient (Wildman–Crippen LogP) is 2.73.